The van der Waals surface area contributed by atoms with E-state index in [0.717, 1.165) is 5.56 Å². The molecule has 0 bridgehead atoms. The second-order valence-corrected chi connectivity index (χ2v) is 6.46. The van der Waals surface area contributed by atoms with E-state index < -0.39 is 10.0 Å². The molecular formula is C15H18N2O3S. The molecule has 0 saturated heterocycles. The molecule has 1 aromatic heterocycles. The SMILES string of the molecule is CCN(Cc1ccncc1)S(=O)(=O)c1ccccc1CO. The van der Waals surface area contributed by atoms with Crippen molar-refractivity contribution < 1.29 is 13.5 Å². The number of nitrogens with zero attached hydrogens (tertiary/aromatic N) is 2. The normalized spacial score (nSPS) is 11.8. The van der Waals surface area contributed by atoms with Gasteiger partial charge in [-0.05, 0) is 29.3 Å². The highest BCUT2D eigenvalue weighted by molar-refractivity contribution is 7.89. The van der Waals surface area contributed by atoms with Crippen molar-refractivity contribution in [3.8, 4) is 0 Å². The van der Waals surface area contributed by atoms with E-state index in [-0.39, 0.29) is 18.0 Å². The van der Waals surface area contributed by atoms with E-state index in [1.807, 2.05) is 0 Å². The summed E-state index contributed by atoms with van der Waals surface area (Å²) in [4.78, 5) is 4.08. The van der Waals surface area contributed by atoms with Crippen molar-refractivity contribution in [2.75, 3.05) is 6.54 Å². The number of sulfonamides is 1. The highest BCUT2D eigenvalue weighted by atomic mass is 32.2. The van der Waals surface area contributed by atoms with Crippen LogP contribution in [0.25, 0.3) is 0 Å². The Hall–Kier alpha value is -1.76. The Bertz CT molecular complexity index is 687. The second kappa shape index (κ2) is 6.80. The highest BCUT2D eigenvalue weighted by Gasteiger charge is 2.25. The summed E-state index contributed by atoms with van der Waals surface area (Å²) in [6.45, 7) is 2.12. The van der Waals surface area contributed by atoms with Crippen LogP contribution < -0.4 is 0 Å². The first-order valence-electron chi connectivity index (χ1n) is 6.67. The van der Waals surface area contributed by atoms with Gasteiger partial charge < -0.3 is 5.11 Å². The summed E-state index contributed by atoms with van der Waals surface area (Å²) in [6, 6.07) is 10.1. The highest BCUT2D eigenvalue weighted by Crippen LogP contribution is 2.21. The van der Waals surface area contributed by atoms with Gasteiger partial charge in [0.2, 0.25) is 10.0 Å². The molecule has 0 amide bonds. The predicted molar refractivity (Wildman–Crippen MR) is 79.9 cm³/mol. The van der Waals surface area contributed by atoms with E-state index in [1.54, 1.807) is 49.6 Å². The molecule has 0 spiro atoms. The van der Waals surface area contributed by atoms with E-state index in [2.05, 4.69) is 4.98 Å². The van der Waals surface area contributed by atoms with Crippen molar-refractivity contribution in [2.24, 2.45) is 0 Å². The number of benzene rings is 1. The van der Waals surface area contributed by atoms with Crippen molar-refractivity contribution in [2.45, 2.75) is 25.0 Å². The first-order valence-corrected chi connectivity index (χ1v) is 8.11. The zero-order chi connectivity index (χ0) is 15.3. The second-order valence-electron chi connectivity index (χ2n) is 4.55. The smallest absolute Gasteiger partial charge is 0.243 e. The topological polar surface area (TPSA) is 70.5 Å². The van der Waals surface area contributed by atoms with Crippen molar-refractivity contribution >= 4 is 10.0 Å². The third-order valence-corrected chi connectivity index (χ3v) is 5.24. The Kier molecular flexibility index (Phi) is 5.06. The zero-order valence-electron chi connectivity index (χ0n) is 11.8. The lowest BCUT2D eigenvalue weighted by atomic mass is 10.2. The molecule has 1 N–H and O–H groups in total. The molecule has 0 unspecified atom stereocenters. The van der Waals surface area contributed by atoms with E-state index >= 15 is 0 Å². The van der Waals surface area contributed by atoms with Crippen molar-refractivity contribution in [1.82, 2.24) is 9.29 Å². The van der Waals surface area contributed by atoms with Crippen LogP contribution >= 0.6 is 0 Å². The minimum atomic E-state index is -3.64. The molecule has 0 aliphatic heterocycles. The number of pyridine rings is 1. The molecule has 2 rings (SSSR count). The molecule has 0 saturated carbocycles. The molecular weight excluding hydrogens is 288 g/mol. The third-order valence-electron chi connectivity index (χ3n) is 3.22. The maximum Gasteiger partial charge on any atom is 0.243 e. The lowest BCUT2D eigenvalue weighted by Gasteiger charge is -2.21. The third kappa shape index (κ3) is 3.47. The molecule has 0 aliphatic rings. The van der Waals surface area contributed by atoms with Gasteiger partial charge in [-0.15, -0.1) is 0 Å². The zero-order valence-corrected chi connectivity index (χ0v) is 12.6. The number of aliphatic hydroxyl groups excluding tert-OH is 1. The number of rotatable bonds is 6. The molecule has 112 valence electrons. The predicted octanol–water partition coefficient (Wildman–Crippen LogP) is 1.78. The molecule has 5 nitrogen and oxygen atoms in total. The minimum absolute atomic E-state index is 0.156. The summed E-state index contributed by atoms with van der Waals surface area (Å²) < 4.78 is 26.9. The molecule has 1 heterocycles. The fourth-order valence-corrected chi connectivity index (χ4v) is 3.74. The van der Waals surface area contributed by atoms with Crippen LogP contribution in [0.1, 0.15) is 18.1 Å². The van der Waals surface area contributed by atoms with Gasteiger partial charge in [0.05, 0.1) is 11.5 Å². The molecule has 0 fully saturated rings. The van der Waals surface area contributed by atoms with Gasteiger partial charge in [0.15, 0.2) is 0 Å². The van der Waals surface area contributed by atoms with Crippen molar-refractivity contribution in [3.63, 3.8) is 0 Å². The van der Waals surface area contributed by atoms with Gasteiger partial charge in [-0.25, -0.2) is 8.42 Å². The van der Waals surface area contributed by atoms with E-state index in [4.69, 9.17) is 0 Å². The summed E-state index contributed by atoms with van der Waals surface area (Å²) in [5, 5.41) is 9.33. The molecule has 0 aliphatic carbocycles. The van der Waals surface area contributed by atoms with Crippen LogP contribution in [-0.4, -0.2) is 29.4 Å². The monoisotopic (exact) mass is 306 g/mol. The molecule has 2 aromatic rings. The van der Waals surface area contributed by atoms with Gasteiger partial charge in [0.25, 0.3) is 0 Å². The first-order chi connectivity index (χ1) is 10.1. The quantitative estimate of drug-likeness (QED) is 0.883. The largest absolute Gasteiger partial charge is 0.392 e. The molecule has 0 atom stereocenters. The van der Waals surface area contributed by atoms with Gasteiger partial charge >= 0.3 is 0 Å². The fraction of sp³-hybridized carbons (Fsp3) is 0.267. The summed E-state index contributed by atoms with van der Waals surface area (Å²) in [5.41, 5.74) is 1.28. The van der Waals surface area contributed by atoms with Gasteiger partial charge in [-0.1, -0.05) is 25.1 Å². The Morgan fingerprint density at radius 1 is 1.14 bits per heavy atom. The number of hydrogen-bond acceptors (Lipinski definition) is 4. The van der Waals surface area contributed by atoms with Crippen LogP contribution in [0.2, 0.25) is 0 Å². The summed E-state index contributed by atoms with van der Waals surface area (Å²) >= 11 is 0. The van der Waals surface area contributed by atoms with Crippen LogP contribution in [0.5, 0.6) is 0 Å². The summed E-state index contributed by atoms with van der Waals surface area (Å²) in [7, 11) is -3.64. The molecule has 21 heavy (non-hydrogen) atoms. The maximum absolute atomic E-state index is 12.7. The molecule has 6 heteroatoms. The number of aliphatic hydroxyl groups is 1. The van der Waals surface area contributed by atoms with Crippen LogP contribution in [0.3, 0.4) is 0 Å². The van der Waals surface area contributed by atoms with Gasteiger partial charge in [-0.3, -0.25) is 4.98 Å². The Morgan fingerprint density at radius 2 is 1.81 bits per heavy atom. The van der Waals surface area contributed by atoms with Crippen LogP contribution in [-0.2, 0) is 23.2 Å². The fourth-order valence-electron chi connectivity index (χ4n) is 2.08. The molecule has 0 radical (unpaired) electrons. The van der Waals surface area contributed by atoms with Crippen LogP contribution in [0.15, 0.2) is 53.7 Å². The van der Waals surface area contributed by atoms with Crippen molar-refractivity contribution in [1.29, 1.82) is 0 Å². The standard InChI is InChI=1S/C15H18N2O3S/c1-2-17(11-13-7-9-16-10-8-13)21(19,20)15-6-4-3-5-14(15)12-18/h3-10,18H,2,11-12H2,1H3. The Labute approximate surface area is 124 Å². The van der Waals surface area contributed by atoms with Crippen molar-refractivity contribution in [3.05, 3.63) is 59.9 Å². The summed E-state index contributed by atoms with van der Waals surface area (Å²) in [6.07, 6.45) is 3.27. The van der Waals surface area contributed by atoms with Gasteiger partial charge in [0.1, 0.15) is 0 Å². The first kappa shape index (κ1) is 15.6. The van der Waals surface area contributed by atoms with E-state index in [1.165, 1.54) is 10.4 Å². The minimum Gasteiger partial charge on any atom is -0.392 e. The average Bonchev–Trinajstić information content (AvgIpc) is 2.53. The Morgan fingerprint density at radius 3 is 2.43 bits per heavy atom. The van der Waals surface area contributed by atoms with Crippen LogP contribution in [0, 0.1) is 0 Å². The van der Waals surface area contributed by atoms with Gasteiger partial charge in [0, 0.05) is 25.5 Å². The number of hydrogen-bond donors (Lipinski definition) is 1. The lowest BCUT2D eigenvalue weighted by molar-refractivity contribution is 0.278. The van der Waals surface area contributed by atoms with Crippen LogP contribution in [0.4, 0.5) is 0 Å². The Balaban J connectivity index is 2.36. The molecule has 1 aromatic carbocycles. The van der Waals surface area contributed by atoms with E-state index in [9.17, 15) is 13.5 Å². The number of aromatic nitrogens is 1. The van der Waals surface area contributed by atoms with Gasteiger partial charge in [-0.2, -0.15) is 4.31 Å². The summed E-state index contributed by atoms with van der Waals surface area (Å²) in [5.74, 6) is 0. The average molecular weight is 306 g/mol. The lowest BCUT2D eigenvalue weighted by Crippen LogP contribution is -2.31. The maximum atomic E-state index is 12.7. The van der Waals surface area contributed by atoms with E-state index in [0.29, 0.717) is 12.1 Å².